The lowest BCUT2D eigenvalue weighted by atomic mass is 10.2. The smallest absolute Gasteiger partial charge is 0.255 e. The summed E-state index contributed by atoms with van der Waals surface area (Å²) in [4.78, 5) is 14.8. The molecular formula is C12H7BrF2N2O2. The van der Waals surface area contributed by atoms with Crippen LogP contribution in [-0.2, 0) is 0 Å². The molecule has 2 rings (SSSR count). The Hall–Kier alpha value is -2.02. The molecule has 1 amide bonds. The number of pyridine rings is 1. The number of ether oxygens (including phenoxy) is 1. The Labute approximate surface area is 115 Å². The topological polar surface area (TPSA) is 65.2 Å². The molecule has 0 saturated carbocycles. The minimum absolute atomic E-state index is 0.193. The van der Waals surface area contributed by atoms with Crippen molar-refractivity contribution in [3.63, 3.8) is 0 Å². The summed E-state index contributed by atoms with van der Waals surface area (Å²) in [5.41, 5.74) is 4.60. The van der Waals surface area contributed by atoms with Crippen LogP contribution in [0.3, 0.4) is 0 Å². The lowest BCUT2D eigenvalue weighted by Crippen LogP contribution is -2.14. The van der Waals surface area contributed by atoms with E-state index in [1.807, 2.05) is 0 Å². The van der Waals surface area contributed by atoms with Gasteiger partial charge in [-0.05, 0) is 34.1 Å². The van der Waals surface area contributed by atoms with Gasteiger partial charge in [0.25, 0.3) is 11.8 Å². The normalized spacial score (nSPS) is 10.3. The number of benzene rings is 1. The second kappa shape index (κ2) is 5.31. The van der Waals surface area contributed by atoms with Gasteiger partial charge in [0.2, 0.25) is 0 Å². The van der Waals surface area contributed by atoms with Gasteiger partial charge < -0.3 is 10.5 Å². The molecule has 98 valence electrons. The van der Waals surface area contributed by atoms with Crippen LogP contribution in [0.4, 0.5) is 8.78 Å². The number of primary amides is 1. The van der Waals surface area contributed by atoms with E-state index in [2.05, 4.69) is 20.9 Å². The van der Waals surface area contributed by atoms with Gasteiger partial charge in [-0.15, -0.1) is 0 Å². The summed E-state index contributed by atoms with van der Waals surface area (Å²) in [7, 11) is 0. The van der Waals surface area contributed by atoms with E-state index in [1.54, 1.807) is 0 Å². The predicted octanol–water partition coefficient (Wildman–Crippen LogP) is 3.01. The van der Waals surface area contributed by atoms with Gasteiger partial charge in [-0.2, -0.15) is 0 Å². The van der Waals surface area contributed by atoms with Crippen LogP contribution in [-0.4, -0.2) is 10.9 Å². The fraction of sp³-hybridized carbons (Fsp3) is 0. The van der Waals surface area contributed by atoms with Gasteiger partial charge in [-0.3, -0.25) is 4.79 Å². The number of halogens is 3. The van der Waals surface area contributed by atoms with Gasteiger partial charge >= 0.3 is 0 Å². The van der Waals surface area contributed by atoms with Gasteiger partial charge in [0, 0.05) is 10.7 Å². The van der Waals surface area contributed by atoms with Gasteiger partial charge in [0.05, 0.1) is 0 Å². The minimum atomic E-state index is -1.01. The molecule has 0 atom stereocenters. The summed E-state index contributed by atoms with van der Waals surface area (Å²) in [6, 6.07) is 4.80. The standard InChI is InChI=1S/C12H7BrF2N2O2/c13-6-4-8(15)12(17-5-6)19-9-3-1-2-7(14)10(9)11(16)18/h1-5H,(H2,16,18). The molecule has 7 heteroatoms. The zero-order valence-electron chi connectivity index (χ0n) is 9.36. The van der Waals surface area contributed by atoms with E-state index in [1.165, 1.54) is 18.3 Å². The molecule has 0 bridgehead atoms. The summed E-state index contributed by atoms with van der Waals surface area (Å²) >= 11 is 3.04. The number of hydrogen-bond acceptors (Lipinski definition) is 3. The monoisotopic (exact) mass is 328 g/mol. The summed E-state index contributed by atoms with van der Waals surface area (Å²) < 4.78 is 32.5. The quantitative estimate of drug-likeness (QED) is 0.941. The number of aromatic nitrogens is 1. The van der Waals surface area contributed by atoms with Crippen molar-refractivity contribution in [2.75, 3.05) is 0 Å². The lowest BCUT2D eigenvalue weighted by molar-refractivity contribution is 0.0994. The first-order valence-electron chi connectivity index (χ1n) is 5.06. The first kappa shape index (κ1) is 13.4. The molecule has 2 aromatic rings. The molecule has 0 radical (unpaired) electrons. The van der Waals surface area contributed by atoms with E-state index in [-0.39, 0.29) is 11.6 Å². The molecule has 2 N–H and O–H groups in total. The maximum atomic E-state index is 13.5. The fourth-order valence-corrected chi connectivity index (χ4v) is 1.71. The van der Waals surface area contributed by atoms with Crippen LogP contribution in [0.15, 0.2) is 34.9 Å². The summed E-state index contributed by atoms with van der Waals surface area (Å²) in [6.45, 7) is 0. The van der Waals surface area contributed by atoms with E-state index < -0.39 is 23.1 Å². The predicted molar refractivity (Wildman–Crippen MR) is 66.9 cm³/mol. The van der Waals surface area contributed by atoms with Crippen molar-refractivity contribution in [2.24, 2.45) is 5.73 Å². The first-order valence-corrected chi connectivity index (χ1v) is 5.85. The number of nitrogens with two attached hydrogens (primary N) is 1. The number of rotatable bonds is 3. The van der Waals surface area contributed by atoms with E-state index in [0.29, 0.717) is 4.47 Å². The van der Waals surface area contributed by atoms with E-state index in [9.17, 15) is 13.6 Å². The third-order valence-corrected chi connectivity index (χ3v) is 2.64. The van der Waals surface area contributed by atoms with E-state index in [0.717, 1.165) is 12.1 Å². The van der Waals surface area contributed by atoms with Crippen molar-refractivity contribution in [1.29, 1.82) is 0 Å². The number of carbonyl (C=O) groups excluding carboxylic acids is 1. The Bertz CT molecular complexity index is 650. The molecule has 4 nitrogen and oxygen atoms in total. The molecule has 0 unspecified atom stereocenters. The van der Waals surface area contributed by atoms with Gasteiger partial charge in [-0.25, -0.2) is 13.8 Å². The molecular weight excluding hydrogens is 322 g/mol. The van der Waals surface area contributed by atoms with Crippen molar-refractivity contribution in [3.8, 4) is 11.6 Å². The Balaban J connectivity index is 2.44. The molecule has 1 aromatic carbocycles. The zero-order chi connectivity index (χ0) is 14.0. The Morgan fingerprint density at radius 2 is 2.05 bits per heavy atom. The van der Waals surface area contributed by atoms with Crippen LogP contribution >= 0.6 is 15.9 Å². The second-order valence-electron chi connectivity index (χ2n) is 3.52. The largest absolute Gasteiger partial charge is 0.436 e. The highest BCUT2D eigenvalue weighted by atomic mass is 79.9. The summed E-state index contributed by atoms with van der Waals surface area (Å²) in [5, 5.41) is 0. The van der Waals surface area contributed by atoms with E-state index in [4.69, 9.17) is 10.5 Å². The van der Waals surface area contributed by atoms with E-state index >= 15 is 0 Å². The van der Waals surface area contributed by atoms with Crippen LogP contribution in [0.5, 0.6) is 11.6 Å². The molecule has 1 aromatic heterocycles. The van der Waals surface area contributed by atoms with Gasteiger partial charge in [-0.1, -0.05) is 6.07 Å². The number of amides is 1. The fourth-order valence-electron chi connectivity index (χ4n) is 1.41. The van der Waals surface area contributed by atoms with Crippen molar-refractivity contribution in [1.82, 2.24) is 4.98 Å². The third kappa shape index (κ3) is 2.87. The molecule has 19 heavy (non-hydrogen) atoms. The maximum absolute atomic E-state index is 13.5. The highest BCUT2D eigenvalue weighted by Gasteiger charge is 2.17. The number of nitrogens with zero attached hydrogens (tertiary/aromatic N) is 1. The second-order valence-corrected chi connectivity index (χ2v) is 4.44. The zero-order valence-corrected chi connectivity index (χ0v) is 10.9. The Morgan fingerprint density at radius 1 is 1.32 bits per heavy atom. The molecule has 0 saturated heterocycles. The molecule has 0 aliphatic heterocycles. The Morgan fingerprint density at radius 3 is 2.68 bits per heavy atom. The summed E-state index contributed by atoms with van der Waals surface area (Å²) in [5.74, 6) is -3.18. The average molecular weight is 329 g/mol. The van der Waals surface area contributed by atoms with Crippen molar-refractivity contribution in [2.45, 2.75) is 0 Å². The van der Waals surface area contributed by atoms with Crippen LogP contribution in [0.25, 0.3) is 0 Å². The van der Waals surface area contributed by atoms with Crippen LogP contribution < -0.4 is 10.5 Å². The van der Waals surface area contributed by atoms with Crippen LogP contribution in [0.2, 0.25) is 0 Å². The van der Waals surface area contributed by atoms with Gasteiger partial charge in [0.15, 0.2) is 5.82 Å². The SMILES string of the molecule is NC(=O)c1c(F)cccc1Oc1ncc(Br)cc1F. The molecule has 1 heterocycles. The van der Waals surface area contributed by atoms with Crippen LogP contribution in [0.1, 0.15) is 10.4 Å². The molecule has 0 spiro atoms. The molecule has 0 aliphatic carbocycles. The van der Waals surface area contributed by atoms with Gasteiger partial charge in [0.1, 0.15) is 17.1 Å². The summed E-state index contributed by atoms with van der Waals surface area (Å²) in [6.07, 6.45) is 1.31. The third-order valence-electron chi connectivity index (χ3n) is 2.20. The molecule has 0 fully saturated rings. The number of carbonyl (C=O) groups is 1. The van der Waals surface area contributed by atoms with Crippen molar-refractivity contribution < 1.29 is 18.3 Å². The van der Waals surface area contributed by atoms with Crippen molar-refractivity contribution in [3.05, 3.63) is 52.1 Å². The first-order chi connectivity index (χ1) is 8.99. The molecule has 0 aliphatic rings. The highest BCUT2D eigenvalue weighted by Crippen LogP contribution is 2.28. The van der Waals surface area contributed by atoms with Crippen LogP contribution in [0, 0.1) is 11.6 Å². The Kier molecular flexibility index (Phi) is 3.75. The minimum Gasteiger partial charge on any atom is -0.436 e. The lowest BCUT2D eigenvalue weighted by Gasteiger charge is -2.09. The average Bonchev–Trinajstić information content (AvgIpc) is 2.32. The highest BCUT2D eigenvalue weighted by molar-refractivity contribution is 9.10. The van der Waals surface area contributed by atoms with Crippen molar-refractivity contribution >= 4 is 21.8 Å². The maximum Gasteiger partial charge on any atom is 0.255 e. The number of hydrogen-bond donors (Lipinski definition) is 1.